The van der Waals surface area contributed by atoms with Gasteiger partial charge < -0.3 is 10.1 Å². The molecule has 6 heteroatoms. The molecule has 0 saturated heterocycles. The van der Waals surface area contributed by atoms with E-state index in [1.54, 1.807) is 7.11 Å². The van der Waals surface area contributed by atoms with Crippen molar-refractivity contribution in [3.63, 3.8) is 0 Å². The first-order chi connectivity index (χ1) is 17.5. The highest BCUT2D eigenvalue weighted by atomic mass is 32.2. The number of hydrogen-bond donors (Lipinski definition) is 1. The number of thioether (sulfide) groups is 1. The minimum absolute atomic E-state index is 0.0930. The van der Waals surface area contributed by atoms with E-state index < -0.39 is 5.25 Å². The number of ether oxygens (including phenoxy) is 1. The number of aromatic nitrogens is 2. The monoisotopic (exact) mass is 493 g/mol. The first-order valence-corrected chi connectivity index (χ1v) is 12.6. The average molecular weight is 494 g/mol. The fourth-order valence-corrected chi connectivity index (χ4v) is 5.45. The number of benzene rings is 4. The number of rotatable bonds is 7. The second-order valence-corrected chi connectivity index (χ2v) is 9.76. The standard InChI is InChI=1S/C30H27N3O2S/c1-20-17-21(2)19-23(18-20)31-29(34)28(22-9-5-4-6-10-22)36-30-32-26-11-7-8-12-27(26)33(30)24-13-15-25(35-3)16-14-24/h4-19,28H,1-3H3,(H,31,34)/t28-/m0/s1. The van der Waals surface area contributed by atoms with Crippen LogP contribution in [0.5, 0.6) is 5.75 Å². The van der Waals surface area contributed by atoms with Crippen molar-refractivity contribution >= 4 is 34.4 Å². The quantitative estimate of drug-likeness (QED) is 0.245. The van der Waals surface area contributed by atoms with E-state index in [4.69, 9.17) is 9.72 Å². The van der Waals surface area contributed by atoms with Gasteiger partial charge in [-0.05, 0) is 79.1 Å². The Morgan fingerprint density at radius 1 is 0.889 bits per heavy atom. The second kappa shape index (κ2) is 10.3. The molecule has 0 spiro atoms. The SMILES string of the molecule is COc1ccc(-n2c(S[C@H](C(=O)Nc3cc(C)cc(C)c3)c3ccccc3)nc3ccccc32)cc1. The van der Waals surface area contributed by atoms with Gasteiger partial charge in [0.2, 0.25) is 5.91 Å². The summed E-state index contributed by atoms with van der Waals surface area (Å²) in [5.41, 5.74) is 6.73. The van der Waals surface area contributed by atoms with Crippen molar-refractivity contribution in [3.8, 4) is 11.4 Å². The topological polar surface area (TPSA) is 56.1 Å². The number of fused-ring (bicyclic) bond motifs is 1. The maximum atomic E-state index is 13.7. The van der Waals surface area contributed by atoms with Gasteiger partial charge in [-0.3, -0.25) is 9.36 Å². The zero-order valence-corrected chi connectivity index (χ0v) is 21.3. The number of para-hydroxylation sites is 2. The number of carbonyl (C=O) groups excluding carboxylic acids is 1. The lowest BCUT2D eigenvalue weighted by atomic mass is 10.1. The Morgan fingerprint density at radius 2 is 1.56 bits per heavy atom. The van der Waals surface area contributed by atoms with Gasteiger partial charge in [0.25, 0.3) is 0 Å². The predicted molar refractivity (Wildman–Crippen MR) is 147 cm³/mol. The minimum Gasteiger partial charge on any atom is -0.497 e. The lowest BCUT2D eigenvalue weighted by Crippen LogP contribution is -2.19. The Kier molecular flexibility index (Phi) is 6.78. The maximum absolute atomic E-state index is 13.7. The molecule has 0 aliphatic rings. The van der Waals surface area contributed by atoms with Crippen molar-refractivity contribution < 1.29 is 9.53 Å². The van der Waals surface area contributed by atoms with Gasteiger partial charge in [0.1, 0.15) is 11.0 Å². The molecule has 0 unspecified atom stereocenters. The Hall–Kier alpha value is -4.03. The summed E-state index contributed by atoms with van der Waals surface area (Å²) >= 11 is 1.44. The van der Waals surface area contributed by atoms with Crippen molar-refractivity contribution in [2.45, 2.75) is 24.3 Å². The van der Waals surface area contributed by atoms with Gasteiger partial charge in [-0.1, -0.05) is 60.3 Å². The van der Waals surface area contributed by atoms with Gasteiger partial charge in [0.05, 0.1) is 18.1 Å². The molecular formula is C30H27N3O2S. The number of amides is 1. The fraction of sp³-hybridized carbons (Fsp3) is 0.133. The van der Waals surface area contributed by atoms with Gasteiger partial charge in [0.15, 0.2) is 5.16 Å². The van der Waals surface area contributed by atoms with E-state index >= 15 is 0 Å². The molecule has 1 atom stereocenters. The van der Waals surface area contributed by atoms with E-state index in [0.29, 0.717) is 0 Å². The Labute approximate surface area is 215 Å². The molecule has 36 heavy (non-hydrogen) atoms. The second-order valence-electron chi connectivity index (χ2n) is 8.69. The van der Waals surface area contributed by atoms with Crippen LogP contribution in [-0.4, -0.2) is 22.6 Å². The molecule has 0 bridgehead atoms. The largest absolute Gasteiger partial charge is 0.497 e. The molecule has 1 aromatic heterocycles. The average Bonchev–Trinajstić information content (AvgIpc) is 3.25. The van der Waals surface area contributed by atoms with Gasteiger partial charge in [-0.2, -0.15) is 0 Å². The molecule has 0 aliphatic carbocycles. The number of aryl methyl sites for hydroxylation is 2. The van der Waals surface area contributed by atoms with E-state index in [2.05, 4.69) is 16.0 Å². The number of methoxy groups -OCH3 is 1. The van der Waals surface area contributed by atoms with Crippen molar-refractivity contribution in [2.75, 3.05) is 12.4 Å². The van der Waals surface area contributed by atoms with Crippen LogP contribution in [0.1, 0.15) is 21.9 Å². The van der Waals surface area contributed by atoms with Crippen LogP contribution < -0.4 is 10.1 Å². The van der Waals surface area contributed by atoms with E-state index in [1.807, 2.05) is 105 Å². The first kappa shape index (κ1) is 23.7. The Bertz CT molecular complexity index is 1490. The molecule has 180 valence electrons. The van der Waals surface area contributed by atoms with Crippen LogP contribution in [-0.2, 0) is 4.79 Å². The number of imidazole rings is 1. The molecule has 0 aliphatic heterocycles. The summed E-state index contributed by atoms with van der Waals surface area (Å²) in [5.74, 6) is 0.692. The molecule has 0 radical (unpaired) electrons. The van der Waals surface area contributed by atoms with Crippen molar-refractivity contribution in [3.05, 3.63) is 114 Å². The molecule has 0 saturated carbocycles. The van der Waals surface area contributed by atoms with Gasteiger partial charge in [-0.15, -0.1) is 0 Å². The summed E-state index contributed by atoms with van der Waals surface area (Å²) in [6, 6.07) is 31.8. The highest BCUT2D eigenvalue weighted by Crippen LogP contribution is 2.39. The van der Waals surface area contributed by atoms with Crippen LogP contribution in [0, 0.1) is 13.8 Å². The van der Waals surface area contributed by atoms with Crippen molar-refractivity contribution in [2.24, 2.45) is 0 Å². The van der Waals surface area contributed by atoms with E-state index in [1.165, 1.54) is 11.8 Å². The Morgan fingerprint density at radius 3 is 2.25 bits per heavy atom. The van der Waals surface area contributed by atoms with Crippen LogP contribution in [0.3, 0.4) is 0 Å². The molecule has 1 heterocycles. The third-order valence-corrected chi connectivity index (χ3v) is 7.12. The van der Waals surface area contributed by atoms with Gasteiger partial charge >= 0.3 is 0 Å². The molecule has 5 rings (SSSR count). The number of anilines is 1. The zero-order valence-electron chi connectivity index (χ0n) is 20.4. The molecule has 4 aromatic carbocycles. The molecule has 5 nitrogen and oxygen atoms in total. The highest BCUT2D eigenvalue weighted by Gasteiger charge is 2.26. The summed E-state index contributed by atoms with van der Waals surface area (Å²) in [5, 5.41) is 3.38. The predicted octanol–water partition coefficient (Wildman–Crippen LogP) is 7.12. The lowest BCUT2D eigenvalue weighted by molar-refractivity contribution is -0.115. The summed E-state index contributed by atoms with van der Waals surface area (Å²) in [6.07, 6.45) is 0. The number of hydrogen-bond acceptors (Lipinski definition) is 4. The molecule has 1 amide bonds. The third-order valence-electron chi connectivity index (χ3n) is 5.91. The summed E-state index contributed by atoms with van der Waals surface area (Å²) in [6.45, 7) is 4.06. The molecule has 5 aromatic rings. The van der Waals surface area contributed by atoms with E-state index in [0.717, 1.165) is 50.0 Å². The van der Waals surface area contributed by atoms with Crippen molar-refractivity contribution in [1.82, 2.24) is 9.55 Å². The van der Waals surface area contributed by atoms with E-state index in [-0.39, 0.29) is 5.91 Å². The van der Waals surface area contributed by atoms with Crippen LogP contribution >= 0.6 is 11.8 Å². The first-order valence-electron chi connectivity index (χ1n) is 11.7. The summed E-state index contributed by atoms with van der Waals surface area (Å²) in [7, 11) is 1.65. The summed E-state index contributed by atoms with van der Waals surface area (Å²) in [4.78, 5) is 18.6. The number of carbonyl (C=O) groups is 1. The molecule has 1 N–H and O–H groups in total. The van der Waals surface area contributed by atoms with Crippen molar-refractivity contribution in [1.29, 1.82) is 0 Å². The minimum atomic E-state index is -0.499. The highest BCUT2D eigenvalue weighted by molar-refractivity contribution is 8.00. The van der Waals surface area contributed by atoms with Crippen LogP contribution in [0.4, 0.5) is 5.69 Å². The number of nitrogens with zero attached hydrogens (tertiary/aromatic N) is 2. The maximum Gasteiger partial charge on any atom is 0.242 e. The number of nitrogens with one attached hydrogen (secondary N) is 1. The van der Waals surface area contributed by atoms with Crippen LogP contribution in [0.15, 0.2) is 102 Å². The van der Waals surface area contributed by atoms with Gasteiger partial charge in [0, 0.05) is 11.4 Å². The molecular weight excluding hydrogens is 466 g/mol. The zero-order chi connectivity index (χ0) is 25.1. The third kappa shape index (κ3) is 4.99. The fourth-order valence-electron chi connectivity index (χ4n) is 4.32. The van der Waals surface area contributed by atoms with Crippen LogP contribution in [0.25, 0.3) is 16.7 Å². The Balaban J connectivity index is 1.57. The summed E-state index contributed by atoms with van der Waals surface area (Å²) < 4.78 is 7.45. The lowest BCUT2D eigenvalue weighted by Gasteiger charge is -2.18. The van der Waals surface area contributed by atoms with Gasteiger partial charge in [-0.25, -0.2) is 4.98 Å². The van der Waals surface area contributed by atoms with Crippen LogP contribution in [0.2, 0.25) is 0 Å². The van der Waals surface area contributed by atoms with E-state index in [9.17, 15) is 4.79 Å². The normalized spacial score (nSPS) is 11.9. The molecule has 0 fully saturated rings. The smallest absolute Gasteiger partial charge is 0.242 e.